The minimum Gasteiger partial charge on any atom is -0.371 e. The van der Waals surface area contributed by atoms with E-state index < -0.39 is 10.0 Å². The van der Waals surface area contributed by atoms with Crippen LogP contribution in [0.4, 0.5) is 5.69 Å². The minimum absolute atomic E-state index is 0.136. The van der Waals surface area contributed by atoms with Gasteiger partial charge in [0.25, 0.3) is 5.91 Å². The maximum atomic E-state index is 13.1. The molecule has 0 saturated carbocycles. The van der Waals surface area contributed by atoms with Gasteiger partial charge < -0.3 is 4.90 Å². The molecule has 1 saturated heterocycles. The summed E-state index contributed by atoms with van der Waals surface area (Å²) >= 11 is 6.01. The van der Waals surface area contributed by atoms with E-state index in [9.17, 15) is 13.2 Å². The summed E-state index contributed by atoms with van der Waals surface area (Å²) in [7, 11) is -0.773. The predicted molar refractivity (Wildman–Crippen MR) is 134 cm³/mol. The number of hydrazine groups is 1. The molecule has 1 aromatic heterocycles. The lowest BCUT2D eigenvalue weighted by atomic mass is 10.1. The van der Waals surface area contributed by atoms with Gasteiger partial charge in [-0.05, 0) is 60.0 Å². The van der Waals surface area contributed by atoms with Crippen LogP contribution in [0.3, 0.4) is 0 Å². The third-order valence-corrected chi connectivity index (χ3v) is 8.15. The molecule has 180 valence electrons. The Balaban J connectivity index is 1.33. The van der Waals surface area contributed by atoms with E-state index in [1.165, 1.54) is 18.1 Å². The van der Waals surface area contributed by atoms with E-state index in [-0.39, 0.29) is 23.4 Å². The second-order valence-corrected chi connectivity index (χ2v) is 10.9. The summed E-state index contributed by atoms with van der Waals surface area (Å²) in [6.45, 7) is 1.47. The van der Waals surface area contributed by atoms with Crippen LogP contribution in [0.1, 0.15) is 12.8 Å². The number of hydrogen-bond acceptors (Lipinski definition) is 6. The van der Waals surface area contributed by atoms with Gasteiger partial charge in [0.15, 0.2) is 0 Å². The van der Waals surface area contributed by atoms with Crippen molar-refractivity contribution in [3.8, 4) is 0 Å². The van der Waals surface area contributed by atoms with Crippen LogP contribution in [0.25, 0.3) is 10.8 Å². The number of pyridine rings is 1. The van der Waals surface area contributed by atoms with Gasteiger partial charge in [-0.15, -0.1) is 0 Å². The molecule has 0 unspecified atom stereocenters. The zero-order valence-electron chi connectivity index (χ0n) is 19.2. The first-order valence-corrected chi connectivity index (χ1v) is 12.9. The quantitative estimate of drug-likeness (QED) is 0.500. The van der Waals surface area contributed by atoms with Gasteiger partial charge in [-0.3, -0.25) is 14.8 Å². The summed E-state index contributed by atoms with van der Waals surface area (Å²) in [6, 6.07) is 14.2. The van der Waals surface area contributed by atoms with E-state index in [0.717, 1.165) is 46.7 Å². The van der Waals surface area contributed by atoms with Gasteiger partial charge >= 0.3 is 0 Å². The van der Waals surface area contributed by atoms with Crippen molar-refractivity contribution in [1.82, 2.24) is 19.7 Å². The Morgan fingerprint density at radius 3 is 2.41 bits per heavy atom. The van der Waals surface area contributed by atoms with Gasteiger partial charge in [0.2, 0.25) is 10.0 Å². The van der Waals surface area contributed by atoms with Gasteiger partial charge in [-0.1, -0.05) is 23.7 Å². The second-order valence-electron chi connectivity index (χ2n) is 8.46. The van der Waals surface area contributed by atoms with Gasteiger partial charge in [0.05, 0.1) is 11.4 Å². The van der Waals surface area contributed by atoms with Gasteiger partial charge in [0, 0.05) is 56.3 Å². The number of halogens is 1. The van der Waals surface area contributed by atoms with E-state index in [1.54, 1.807) is 49.8 Å². The van der Waals surface area contributed by atoms with E-state index in [1.807, 2.05) is 12.1 Å². The number of carbonyl (C=O) groups is 1. The first-order chi connectivity index (χ1) is 16.2. The van der Waals surface area contributed by atoms with Crippen LogP contribution in [0, 0.1) is 0 Å². The molecule has 1 aliphatic heterocycles. The maximum Gasteiger partial charge on any atom is 0.251 e. The molecule has 0 atom stereocenters. The number of anilines is 1. The second kappa shape index (κ2) is 10.3. The smallest absolute Gasteiger partial charge is 0.251 e. The Labute approximate surface area is 205 Å². The number of amides is 1. The largest absolute Gasteiger partial charge is 0.371 e. The molecule has 34 heavy (non-hydrogen) atoms. The van der Waals surface area contributed by atoms with Crippen LogP contribution >= 0.6 is 11.6 Å². The van der Waals surface area contributed by atoms with E-state index >= 15 is 0 Å². The summed E-state index contributed by atoms with van der Waals surface area (Å²) < 4.78 is 27.2. The number of rotatable bonds is 7. The lowest BCUT2D eigenvalue weighted by molar-refractivity contribution is -0.133. The molecule has 3 aromatic rings. The Hall–Kier alpha value is -2.72. The Kier molecular flexibility index (Phi) is 7.37. The highest BCUT2D eigenvalue weighted by molar-refractivity contribution is 7.89. The zero-order valence-corrected chi connectivity index (χ0v) is 20.8. The van der Waals surface area contributed by atoms with Crippen molar-refractivity contribution in [1.29, 1.82) is 0 Å². The first kappa shape index (κ1) is 24.4. The Bertz CT molecular complexity index is 1260. The number of piperidine rings is 1. The van der Waals surface area contributed by atoms with E-state index in [2.05, 4.69) is 15.3 Å². The van der Waals surface area contributed by atoms with Crippen molar-refractivity contribution in [3.63, 3.8) is 0 Å². The van der Waals surface area contributed by atoms with Crippen molar-refractivity contribution in [2.45, 2.75) is 23.8 Å². The summed E-state index contributed by atoms with van der Waals surface area (Å²) in [6.07, 6.45) is 5.30. The first-order valence-electron chi connectivity index (χ1n) is 11.1. The number of hydrogen-bond donors (Lipinski definition) is 1. The number of aromatic nitrogens is 1. The zero-order chi connectivity index (χ0) is 24.3. The fourth-order valence-electron chi connectivity index (χ4n) is 4.08. The lowest BCUT2D eigenvalue weighted by Gasteiger charge is -2.36. The molecule has 1 amide bonds. The van der Waals surface area contributed by atoms with Crippen LogP contribution < -0.4 is 10.3 Å². The van der Waals surface area contributed by atoms with Crippen molar-refractivity contribution < 1.29 is 13.2 Å². The number of benzene rings is 2. The minimum atomic E-state index is -3.83. The third-order valence-electron chi connectivity index (χ3n) is 6.11. The number of fused-ring (bicyclic) bond motifs is 1. The number of sulfonamides is 1. The van der Waals surface area contributed by atoms with Crippen molar-refractivity contribution >= 4 is 44.0 Å². The molecule has 1 fully saturated rings. The molecule has 0 spiro atoms. The van der Waals surface area contributed by atoms with E-state index in [4.69, 9.17) is 11.6 Å². The highest BCUT2D eigenvalue weighted by Gasteiger charge is 2.26. The Morgan fingerprint density at radius 1 is 1.06 bits per heavy atom. The number of nitrogens with zero attached hydrogens (tertiary/aromatic N) is 4. The molecule has 1 N–H and O–H groups in total. The van der Waals surface area contributed by atoms with Crippen LogP contribution in [-0.2, 0) is 14.8 Å². The SMILES string of the molecule is CN(NC1CCN(c2ccncc2)CC1)C(=O)CN(C)S(=O)(=O)c1ccc2cc(Cl)ccc2c1. The summed E-state index contributed by atoms with van der Waals surface area (Å²) in [5.41, 5.74) is 4.37. The lowest BCUT2D eigenvalue weighted by Crippen LogP contribution is -2.52. The number of nitrogens with one attached hydrogen (secondary N) is 1. The fourth-order valence-corrected chi connectivity index (χ4v) is 5.42. The third kappa shape index (κ3) is 5.50. The van der Waals surface area contributed by atoms with Crippen molar-refractivity contribution in [2.75, 3.05) is 38.6 Å². The number of likely N-dealkylation sites (N-methyl/N-ethyl adjacent to an activating group) is 2. The normalized spacial score (nSPS) is 15.1. The van der Waals surface area contributed by atoms with Gasteiger partial charge in [-0.25, -0.2) is 13.8 Å². The molecule has 10 heteroatoms. The molecule has 1 aliphatic rings. The van der Waals surface area contributed by atoms with Crippen LogP contribution in [0.2, 0.25) is 5.02 Å². The standard InChI is InChI=1S/C24H28ClN5O3S/c1-28(34(32,33)23-6-4-18-15-20(25)5-3-19(18)16-23)17-24(31)29(2)27-21-9-13-30(14-10-21)22-7-11-26-12-8-22/h3-8,11-12,15-16,21,27H,9-10,13-14,17H2,1-2H3. The van der Waals surface area contributed by atoms with Crippen LogP contribution in [0.15, 0.2) is 65.8 Å². The predicted octanol–water partition coefficient (Wildman–Crippen LogP) is 3.14. The van der Waals surface area contributed by atoms with Crippen LogP contribution in [-0.4, -0.2) is 68.4 Å². The summed E-state index contributed by atoms with van der Waals surface area (Å²) in [5.74, 6) is -0.324. The molecule has 0 bridgehead atoms. The van der Waals surface area contributed by atoms with Crippen LogP contribution in [0.5, 0.6) is 0 Å². The fraction of sp³-hybridized carbons (Fsp3) is 0.333. The molecule has 8 nitrogen and oxygen atoms in total. The highest BCUT2D eigenvalue weighted by Crippen LogP contribution is 2.24. The van der Waals surface area contributed by atoms with E-state index in [0.29, 0.717) is 5.02 Å². The molecule has 2 aromatic carbocycles. The molecule has 0 aliphatic carbocycles. The molecular weight excluding hydrogens is 474 g/mol. The molecular formula is C24H28ClN5O3S. The number of carbonyl (C=O) groups excluding carboxylic acids is 1. The molecule has 0 radical (unpaired) electrons. The topological polar surface area (TPSA) is 85.8 Å². The monoisotopic (exact) mass is 501 g/mol. The summed E-state index contributed by atoms with van der Waals surface area (Å²) in [4.78, 5) is 19.2. The highest BCUT2D eigenvalue weighted by atomic mass is 35.5. The van der Waals surface area contributed by atoms with Gasteiger partial charge in [0.1, 0.15) is 0 Å². The average Bonchev–Trinajstić information content (AvgIpc) is 2.84. The summed E-state index contributed by atoms with van der Waals surface area (Å²) in [5, 5.41) is 3.61. The maximum absolute atomic E-state index is 13.1. The van der Waals surface area contributed by atoms with Crippen molar-refractivity contribution in [3.05, 3.63) is 65.9 Å². The Morgan fingerprint density at radius 2 is 1.71 bits per heavy atom. The van der Waals surface area contributed by atoms with Gasteiger partial charge in [-0.2, -0.15) is 4.31 Å². The van der Waals surface area contributed by atoms with Crippen molar-refractivity contribution in [2.24, 2.45) is 0 Å². The molecule has 4 rings (SSSR count). The average molecular weight is 502 g/mol. The molecule has 2 heterocycles.